The Morgan fingerprint density at radius 2 is 1.83 bits per heavy atom. The molecule has 1 aliphatic heterocycles. The summed E-state index contributed by atoms with van der Waals surface area (Å²) in [6.45, 7) is 6.98. The van der Waals surface area contributed by atoms with Crippen molar-refractivity contribution in [2.24, 2.45) is 0 Å². The maximum absolute atomic E-state index is 13.2. The molecular formula is C21H25N5O3S. The molecule has 0 saturated carbocycles. The van der Waals surface area contributed by atoms with Crippen molar-refractivity contribution in [3.05, 3.63) is 41.6 Å². The van der Waals surface area contributed by atoms with Gasteiger partial charge < -0.3 is 10.0 Å². The zero-order valence-electron chi connectivity index (χ0n) is 17.3. The fourth-order valence-corrected chi connectivity index (χ4v) is 4.36. The van der Waals surface area contributed by atoms with E-state index in [4.69, 9.17) is 0 Å². The van der Waals surface area contributed by atoms with Crippen molar-refractivity contribution < 1.29 is 14.7 Å². The first-order chi connectivity index (χ1) is 14.2. The van der Waals surface area contributed by atoms with Gasteiger partial charge in [-0.05, 0) is 45.7 Å². The largest absolute Gasteiger partial charge is 0.393 e. The highest BCUT2D eigenvalue weighted by Crippen LogP contribution is 2.33. The van der Waals surface area contributed by atoms with Gasteiger partial charge in [-0.15, -0.1) is 0 Å². The summed E-state index contributed by atoms with van der Waals surface area (Å²) in [6.07, 6.45) is 0.774. The van der Waals surface area contributed by atoms with Crippen LogP contribution >= 0.6 is 11.3 Å². The Labute approximate surface area is 178 Å². The van der Waals surface area contributed by atoms with Crippen molar-refractivity contribution >= 4 is 38.6 Å². The molecule has 1 aromatic carbocycles. The number of anilines is 1. The van der Waals surface area contributed by atoms with Gasteiger partial charge in [-0.3, -0.25) is 14.9 Å². The lowest BCUT2D eigenvalue weighted by Crippen LogP contribution is -2.40. The van der Waals surface area contributed by atoms with Gasteiger partial charge in [0.15, 0.2) is 16.5 Å². The molecule has 30 heavy (non-hydrogen) atoms. The van der Waals surface area contributed by atoms with Crippen LogP contribution in [0.2, 0.25) is 0 Å². The molecule has 0 aliphatic carbocycles. The zero-order chi connectivity index (χ0) is 21.5. The third-order valence-corrected chi connectivity index (χ3v) is 6.04. The van der Waals surface area contributed by atoms with Crippen LogP contribution in [-0.2, 0) is 5.54 Å². The van der Waals surface area contributed by atoms with Gasteiger partial charge in [0.05, 0.1) is 11.6 Å². The molecule has 1 fully saturated rings. The lowest BCUT2D eigenvalue weighted by molar-refractivity contribution is 0.0542. The second-order valence-corrected chi connectivity index (χ2v) is 9.45. The van der Waals surface area contributed by atoms with Crippen LogP contribution in [0.15, 0.2) is 30.3 Å². The summed E-state index contributed by atoms with van der Waals surface area (Å²) in [5.41, 5.74) is 1.08. The number of aromatic nitrogens is 3. The van der Waals surface area contributed by atoms with E-state index in [1.54, 1.807) is 33.8 Å². The molecule has 8 nitrogen and oxygen atoms in total. The first-order valence-corrected chi connectivity index (χ1v) is 10.8. The molecule has 9 heteroatoms. The van der Waals surface area contributed by atoms with Crippen molar-refractivity contribution in [3.63, 3.8) is 0 Å². The van der Waals surface area contributed by atoms with Crippen LogP contribution in [0.3, 0.4) is 0 Å². The highest BCUT2D eigenvalue weighted by atomic mass is 32.1. The summed E-state index contributed by atoms with van der Waals surface area (Å²) in [4.78, 5) is 32.0. The van der Waals surface area contributed by atoms with E-state index in [9.17, 15) is 14.7 Å². The highest BCUT2D eigenvalue weighted by molar-refractivity contribution is 7.22. The normalized spacial score (nSPS) is 15.5. The summed E-state index contributed by atoms with van der Waals surface area (Å²) in [6, 6.07) is 8.93. The Kier molecular flexibility index (Phi) is 5.33. The molecule has 4 rings (SSSR count). The van der Waals surface area contributed by atoms with Crippen LogP contribution in [-0.4, -0.2) is 55.8 Å². The average molecular weight is 428 g/mol. The van der Waals surface area contributed by atoms with Gasteiger partial charge in [0.25, 0.3) is 11.8 Å². The van der Waals surface area contributed by atoms with Gasteiger partial charge in [0, 0.05) is 18.7 Å². The number of aliphatic hydroxyl groups excluding tert-OH is 1. The smallest absolute Gasteiger partial charge is 0.275 e. The van der Waals surface area contributed by atoms with E-state index in [1.165, 1.54) is 11.3 Å². The molecule has 158 valence electrons. The van der Waals surface area contributed by atoms with E-state index in [0.717, 1.165) is 0 Å². The Hall–Kier alpha value is -2.78. The van der Waals surface area contributed by atoms with E-state index in [-0.39, 0.29) is 23.5 Å². The second kappa shape index (κ2) is 7.81. The van der Waals surface area contributed by atoms with Crippen molar-refractivity contribution in [2.45, 2.75) is 45.3 Å². The molecule has 3 heterocycles. The summed E-state index contributed by atoms with van der Waals surface area (Å²) < 4.78 is 2.40. The SMILES string of the molecule is CC(C)(C)n1nc(C(=O)N2CCC(O)CC2)c2sc(NC(=O)c3ccccc3)nc21. The molecule has 1 saturated heterocycles. The first kappa shape index (κ1) is 20.5. The van der Waals surface area contributed by atoms with E-state index in [0.29, 0.717) is 52.7 Å². The maximum Gasteiger partial charge on any atom is 0.275 e. The van der Waals surface area contributed by atoms with Gasteiger partial charge in [-0.25, -0.2) is 4.68 Å². The maximum atomic E-state index is 13.2. The minimum atomic E-state index is -0.385. The highest BCUT2D eigenvalue weighted by Gasteiger charge is 2.31. The molecule has 2 amide bonds. The van der Waals surface area contributed by atoms with Gasteiger partial charge in [-0.2, -0.15) is 10.1 Å². The monoisotopic (exact) mass is 427 g/mol. The van der Waals surface area contributed by atoms with Crippen LogP contribution in [0, 0.1) is 0 Å². The van der Waals surface area contributed by atoms with Crippen molar-refractivity contribution in [1.82, 2.24) is 19.7 Å². The number of fused-ring (bicyclic) bond motifs is 1. The van der Waals surface area contributed by atoms with Gasteiger partial charge in [0.1, 0.15) is 4.70 Å². The van der Waals surface area contributed by atoms with Gasteiger partial charge >= 0.3 is 0 Å². The number of aliphatic hydroxyl groups is 1. The molecular weight excluding hydrogens is 402 g/mol. The number of hydrogen-bond donors (Lipinski definition) is 2. The Morgan fingerprint density at radius 1 is 1.17 bits per heavy atom. The predicted molar refractivity (Wildman–Crippen MR) is 116 cm³/mol. The molecule has 1 aliphatic rings. The molecule has 2 aromatic heterocycles. The summed E-state index contributed by atoms with van der Waals surface area (Å²) in [7, 11) is 0. The van der Waals surface area contributed by atoms with Crippen LogP contribution in [0.1, 0.15) is 54.5 Å². The standard InChI is InChI=1S/C21H25N5O3S/c1-21(2,3)26-17-16(15(24-26)19(29)25-11-9-14(27)10-12-25)30-20(22-17)23-18(28)13-7-5-4-6-8-13/h4-8,14,27H,9-12H2,1-3H3,(H,22,23,28). The second-order valence-electron chi connectivity index (χ2n) is 8.45. The lowest BCUT2D eigenvalue weighted by atomic mass is 10.1. The lowest BCUT2D eigenvalue weighted by Gasteiger charge is -2.29. The summed E-state index contributed by atoms with van der Waals surface area (Å²) in [5, 5.41) is 17.6. The number of nitrogens with zero attached hydrogens (tertiary/aromatic N) is 4. The van der Waals surface area contributed by atoms with E-state index in [2.05, 4.69) is 15.4 Å². The third kappa shape index (κ3) is 3.95. The molecule has 0 radical (unpaired) electrons. The molecule has 3 aromatic rings. The first-order valence-electron chi connectivity index (χ1n) is 9.98. The van der Waals surface area contributed by atoms with Crippen molar-refractivity contribution in [3.8, 4) is 0 Å². The van der Waals surface area contributed by atoms with Crippen LogP contribution < -0.4 is 5.32 Å². The summed E-state index contributed by atoms with van der Waals surface area (Å²) in [5.74, 6) is -0.417. The Morgan fingerprint density at radius 3 is 2.47 bits per heavy atom. The number of piperidine rings is 1. The Balaban J connectivity index is 1.69. The van der Waals surface area contributed by atoms with Crippen molar-refractivity contribution in [2.75, 3.05) is 18.4 Å². The number of hydrogen-bond acceptors (Lipinski definition) is 6. The molecule has 0 unspecified atom stereocenters. The third-order valence-electron chi connectivity index (χ3n) is 5.07. The van der Waals surface area contributed by atoms with Gasteiger partial charge in [-0.1, -0.05) is 29.5 Å². The van der Waals surface area contributed by atoms with Crippen molar-refractivity contribution in [1.29, 1.82) is 0 Å². The van der Waals surface area contributed by atoms with E-state index in [1.807, 2.05) is 26.8 Å². The number of carbonyl (C=O) groups is 2. The van der Waals surface area contributed by atoms with Gasteiger partial charge in [0.2, 0.25) is 0 Å². The quantitative estimate of drug-likeness (QED) is 0.669. The minimum Gasteiger partial charge on any atom is -0.393 e. The van der Waals surface area contributed by atoms with E-state index >= 15 is 0 Å². The molecule has 2 N–H and O–H groups in total. The summed E-state index contributed by atoms with van der Waals surface area (Å²) >= 11 is 1.25. The fourth-order valence-electron chi connectivity index (χ4n) is 3.44. The van der Waals surface area contributed by atoms with Crippen LogP contribution in [0.25, 0.3) is 10.3 Å². The number of rotatable bonds is 3. The van der Waals surface area contributed by atoms with Crippen LogP contribution in [0.5, 0.6) is 0 Å². The number of benzene rings is 1. The van der Waals surface area contributed by atoms with Crippen LogP contribution in [0.4, 0.5) is 5.13 Å². The average Bonchev–Trinajstić information content (AvgIpc) is 3.26. The number of carbonyl (C=O) groups excluding carboxylic acids is 2. The number of likely N-dealkylation sites (tertiary alicyclic amines) is 1. The zero-order valence-corrected chi connectivity index (χ0v) is 18.1. The predicted octanol–water partition coefficient (Wildman–Crippen LogP) is 3.10. The molecule has 0 bridgehead atoms. The Bertz CT molecular complexity index is 1080. The number of amides is 2. The fraction of sp³-hybridized carbons (Fsp3) is 0.429. The van der Waals surface area contributed by atoms with E-state index < -0.39 is 0 Å². The molecule has 0 spiro atoms. The number of thiazole rings is 1. The minimum absolute atomic E-state index is 0.167. The molecule has 0 atom stereocenters. The number of nitrogens with one attached hydrogen (secondary N) is 1. The topological polar surface area (TPSA) is 100 Å².